The molecular formula is C23H27NO6. The van der Waals surface area contributed by atoms with E-state index in [-0.39, 0.29) is 24.0 Å². The van der Waals surface area contributed by atoms with Gasteiger partial charge < -0.3 is 19.3 Å². The number of aliphatic hydroxyl groups is 1. The van der Waals surface area contributed by atoms with Gasteiger partial charge in [0.1, 0.15) is 0 Å². The van der Waals surface area contributed by atoms with Crippen LogP contribution in [0, 0.1) is 0 Å². The maximum absolute atomic E-state index is 13.0. The highest BCUT2D eigenvalue weighted by Crippen LogP contribution is 2.64. The number of likely N-dealkylation sites (tertiary alicyclic amines) is 1. The number of carbonyl (C=O) groups excluding carboxylic acids is 2. The van der Waals surface area contributed by atoms with Crippen molar-refractivity contribution < 1.29 is 28.9 Å². The smallest absolute Gasteiger partial charge is 0.340 e. The van der Waals surface area contributed by atoms with Crippen LogP contribution >= 0.6 is 0 Å². The Kier molecular flexibility index (Phi) is 4.36. The zero-order valence-corrected chi connectivity index (χ0v) is 17.3. The first kappa shape index (κ1) is 19.7. The van der Waals surface area contributed by atoms with Crippen molar-refractivity contribution in [3.05, 3.63) is 35.9 Å². The number of benzene rings is 1. The second kappa shape index (κ2) is 6.64. The molecule has 7 nitrogen and oxygen atoms in total. The summed E-state index contributed by atoms with van der Waals surface area (Å²) >= 11 is 0. The highest BCUT2D eigenvalue weighted by Gasteiger charge is 2.73. The van der Waals surface area contributed by atoms with Crippen LogP contribution in [0.3, 0.4) is 0 Å². The van der Waals surface area contributed by atoms with E-state index in [1.807, 2.05) is 12.1 Å². The van der Waals surface area contributed by atoms with Gasteiger partial charge in [0.05, 0.1) is 11.0 Å². The van der Waals surface area contributed by atoms with Gasteiger partial charge in [-0.1, -0.05) is 12.1 Å². The molecule has 2 heterocycles. The molecule has 30 heavy (non-hydrogen) atoms. The maximum atomic E-state index is 13.0. The third-order valence-electron chi connectivity index (χ3n) is 7.61. The molecule has 0 amide bonds. The molecule has 0 aromatic heterocycles. The molecule has 2 aliphatic carbocycles. The van der Waals surface area contributed by atoms with Gasteiger partial charge in [0.25, 0.3) is 0 Å². The van der Waals surface area contributed by atoms with Gasteiger partial charge in [0, 0.05) is 38.2 Å². The van der Waals surface area contributed by atoms with E-state index in [4.69, 9.17) is 14.2 Å². The van der Waals surface area contributed by atoms with E-state index in [0.29, 0.717) is 31.6 Å². The molecule has 0 radical (unpaired) electrons. The normalized spacial score (nSPS) is 34.7. The van der Waals surface area contributed by atoms with Crippen LogP contribution in [0.1, 0.15) is 37.3 Å². The fourth-order valence-corrected chi connectivity index (χ4v) is 6.15. The van der Waals surface area contributed by atoms with Gasteiger partial charge in [0.2, 0.25) is 0 Å². The molecule has 7 heteroatoms. The van der Waals surface area contributed by atoms with Crippen LogP contribution in [0.4, 0.5) is 0 Å². The fourth-order valence-electron chi connectivity index (χ4n) is 6.15. The van der Waals surface area contributed by atoms with Crippen molar-refractivity contribution in [1.82, 2.24) is 4.90 Å². The highest BCUT2D eigenvalue weighted by atomic mass is 16.6. The zero-order chi connectivity index (χ0) is 21.3. The van der Waals surface area contributed by atoms with Crippen LogP contribution in [-0.4, -0.2) is 65.8 Å². The summed E-state index contributed by atoms with van der Waals surface area (Å²) in [6.45, 7) is 6.92. The molecule has 1 aromatic carbocycles. The van der Waals surface area contributed by atoms with Crippen LogP contribution in [0.15, 0.2) is 24.8 Å². The van der Waals surface area contributed by atoms with Gasteiger partial charge in [-0.15, -0.1) is 6.58 Å². The average molecular weight is 413 g/mol. The summed E-state index contributed by atoms with van der Waals surface area (Å²) < 4.78 is 16.9. The fraction of sp³-hybridized carbons (Fsp3) is 0.565. The topological polar surface area (TPSA) is 85.3 Å². The van der Waals surface area contributed by atoms with Crippen LogP contribution in [0.5, 0.6) is 11.5 Å². The molecular weight excluding hydrogens is 386 g/mol. The van der Waals surface area contributed by atoms with E-state index < -0.39 is 29.2 Å². The lowest BCUT2D eigenvalue weighted by Crippen LogP contribution is -2.76. The minimum absolute atomic E-state index is 0.00202. The number of ether oxygens (including phenoxy) is 3. The summed E-state index contributed by atoms with van der Waals surface area (Å²) in [4.78, 5) is 27.6. The third-order valence-corrected chi connectivity index (χ3v) is 7.61. The molecule has 4 aliphatic rings. The molecule has 2 aliphatic heterocycles. The predicted octanol–water partition coefficient (Wildman–Crippen LogP) is 1.54. The van der Waals surface area contributed by atoms with Crippen molar-refractivity contribution in [3.8, 4) is 11.5 Å². The molecule has 1 saturated heterocycles. The Morgan fingerprint density at radius 1 is 1.47 bits per heavy atom. The lowest BCUT2D eigenvalue weighted by Gasteiger charge is -2.62. The molecule has 2 bridgehead atoms. The minimum Gasteiger partial charge on any atom is -0.477 e. The van der Waals surface area contributed by atoms with Crippen molar-refractivity contribution in [2.45, 2.75) is 61.9 Å². The number of hydrogen-bond acceptors (Lipinski definition) is 7. The Hall–Kier alpha value is -2.22. The molecule has 5 atom stereocenters. The van der Waals surface area contributed by atoms with Crippen LogP contribution in [-0.2, 0) is 26.2 Å². The lowest BCUT2D eigenvalue weighted by molar-refractivity contribution is -0.187. The van der Waals surface area contributed by atoms with Crippen LogP contribution in [0.2, 0.25) is 0 Å². The Balaban J connectivity index is 1.66. The van der Waals surface area contributed by atoms with E-state index in [9.17, 15) is 14.7 Å². The van der Waals surface area contributed by atoms with Crippen molar-refractivity contribution >= 4 is 11.8 Å². The van der Waals surface area contributed by atoms with E-state index >= 15 is 0 Å². The molecule has 1 spiro atoms. The molecule has 1 N–H and O–H groups in total. The molecule has 1 unspecified atom stereocenters. The minimum atomic E-state index is -1.08. The number of methoxy groups -OCH3 is 1. The Bertz CT molecular complexity index is 944. The highest BCUT2D eigenvalue weighted by molar-refractivity contribution is 5.90. The van der Waals surface area contributed by atoms with Crippen molar-refractivity contribution in [2.75, 3.05) is 20.2 Å². The second-order valence-electron chi connectivity index (χ2n) is 8.84. The first-order chi connectivity index (χ1) is 14.4. The van der Waals surface area contributed by atoms with Gasteiger partial charge in [-0.25, -0.2) is 4.79 Å². The van der Waals surface area contributed by atoms with Crippen molar-refractivity contribution in [1.29, 1.82) is 0 Å². The summed E-state index contributed by atoms with van der Waals surface area (Å²) in [6, 6.07) is 3.56. The van der Waals surface area contributed by atoms with Crippen LogP contribution < -0.4 is 9.47 Å². The SMILES string of the molecule is C=CCN1CC[C@]23c4c5ccc(OC(=O)C(C)OC)c4O[C@H]2C(=O)CC[C@@]3(O)[C@H]1C5. The zero-order valence-electron chi connectivity index (χ0n) is 17.3. The molecule has 160 valence electrons. The number of Topliss-reactive ketones (excluding diaryl/α,β-unsaturated/α-hetero) is 1. The summed E-state index contributed by atoms with van der Waals surface area (Å²) in [7, 11) is 1.44. The van der Waals surface area contributed by atoms with Gasteiger partial charge in [-0.2, -0.15) is 0 Å². The quantitative estimate of drug-likeness (QED) is 0.445. The summed E-state index contributed by atoms with van der Waals surface area (Å²) in [5.41, 5.74) is 0.0225. The van der Waals surface area contributed by atoms with E-state index in [2.05, 4.69) is 11.5 Å². The van der Waals surface area contributed by atoms with Gasteiger partial charge >= 0.3 is 5.97 Å². The molecule has 1 saturated carbocycles. The lowest BCUT2D eigenvalue weighted by atomic mass is 9.49. The van der Waals surface area contributed by atoms with E-state index in [0.717, 1.165) is 17.7 Å². The van der Waals surface area contributed by atoms with E-state index in [1.165, 1.54) is 7.11 Å². The first-order valence-electron chi connectivity index (χ1n) is 10.5. The van der Waals surface area contributed by atoms with Gasteiger partial charge in [-0.3, -0.25) is 9.69 Å². The number of esters is 1. The molecule has 5 rings (SSSR count). The Morgan fingerprint density at radius 2 is 2.27 bits per heavy atom. The average Bonchev–Trinajstić information content (AvgIpc) is 3.09. The summed E-state index contributed by atoms with van der Waals surface area (Å²) in [5.74, 6) is 0.190. The maximum Gasteiger partial charge on any atom is 0.340 e. The third kappa shape index (κ3) is 2.31. The largest absolute Gasteiger partial charge is 0.477 e. The van der Waals surface area contributed by atoms with Gasteiger partial charge in [0.15, 0.2) is 29.5 Å². The number of rotatable bonds is 5. The predicted molar refractivity (Wildman–Crippen MR) is 108 cm³/mol. The molecule has 1 aromatic rings. The van der Waals surface area contributed by atoms with Crippen molar-refractivity contribution in [3.63, 3.8) is 0 Å². The summed E-state index contributed by atoms with van der Waals surface area (Å²) in [6.07, 6.45) is 2.34. The number of carbonyl (C=O) groups is 2. The number of nitrogens with zero attached hydrogens (tertiary/aromatic N) is 1. The Labute approximate surface area is 175 Å². The number of ketones is 1. The monoisotopic (exact) mass is 413 g/mol. The van der Waals surface area contributed by atoms with Gasteiger partial charge in [-0.05, 0) is 37.8 Å². The first-order valence-corrected chi connectivity index (χ1v) is 10.5. The second-order valence-corrected chi connectivity index (χ2v) is 8.84. The Morgan fingerprint density at radius 3 is 3.00 bits per heavy atom. The number of hydrogen-bond donors (Lipinski definition) is 1. The standard InChI is InChI=1S/C23H27NO6/c1-4-10-24-11-9-22-18-14-5-6-16(29-21(26)13(2)28-3)19(18)30-20(22)15(25)7-8-23(22,27)17(24)12-14/h4-6,13,17,20,27H,1,7-12H2,2-3H3/t13?,17-,20+,22+,23-/m1/s1. The van der Waals surface area contributed by atoms with Crippen LogP contribution in [0.25, 0.3) is 0 Å². The molecule has 2 fully saturated rings. The summed E-state index contributed by atoms with van der Waals surface area (Å²) in [5, 5.41) is 12.1. The van der Waals surface area contributed by atoms with E-state index in [1.54, 1.807) is 13.0 Å². The number of piperidine rings is 1. The van der Waals surface area contributed by atoms with Crippen molar-refractivity contribution in [2.24, 2.45) is 0 Å².